The van der Waals surface area contributed by atoms with Crippen LogP contribution in [0.4, 0.5) is 0 Å². The van der Waals surface area contributed by atoms with E-state index < -0.39 is 0 Å². The molecule has 31 heavy (non-hydrogen) atoms. The molecular formula is C24H26N4O2S. The first kappa shape index (κ1) is 21.3. The van der Waals surface area contributed by atoms with Crippen molar-refractivity contribution < 1.29 is 4.79 Å². The van der Waals surface area contributed by atoms with Gasteiger partial charge >= 0.3 is 0 Å². The molecule has 0 fully saturated rings. The van der Waals surface area contributed by atoms with Crippen LogP contribution >= 0.6 is 11.8 Å². The number of benzene rings is 2. The van der Waals surface area contributed by atoms with Crippen LogP contribution in [0.5, 0.6) is 0 Å². The standard InChI is InChI=1S/C24H26N4O2S/c1-6-11-27-22(30)18-9-7-8-10-19(18)28-23(27)25-26-24(28)31-13-20(29)21-16(4)14(2)12-15(3)17(21)5/h7-10,12H,6,11,13H2,1-5H3. The Morgan fingerprint density at radius 3 is 2.39 bits per heavy atom. The third kappa shape index (κ3) is 3.57. The second kappa shape index (κ2) is 8.30. The fourth-order valence-corrected chi connectivity index (χ4v) is 4.90. The van der Waals surface area contributed by atoms with Gasteiger partial charge in [0.25, 0.3) is 5.56 Å². The lowest BCUT2D eigenvalue weighted by Gasteiger charge is -2.14. The van der Waals surface area contributed by atoms with Crippen molar-refractivity contribution in [1.82, 2.24) is 19.2 Å². The van der Waals surface area contributed by atoms with E-state index in [4.69, 9.17) is 0 Å². The topological polar surface area (TPSA) is 69.3 Å². The number of aryl methyl sites for hydroxylation is 3. The Bertz CT molecular complexity index is 1360. The van der Waals surface area contributed by atoms with Crippen molar-refractivity contribution in [2.45, 2.75) is 52.7 Å². The van der Waals surface area contributed by atoms with Gasteiger partial charge in [0.15, 0.2) is 10.9 Å². The van der Waals surface area contributed by atoms with Crippen molar-refractivity contribution in [3.63, 3.8) is 0 Å². The van der Waals surface area contributed by atoms with Crippen molar-refractivity contribution in [2.24, 2.45) is 0 Å². The lowest BCUT2D eigenvalue weighted by molar-refractivity contribution is 0.102. The summed E-state index contributed by atoms with van der Waals surface area (Å²) in [6.45, 7) is 10.7. The van der Waals surface area contributed by atoms with Gasteiger partial charge in [-0.05, 0) is 68.5 Å². The van der Waals surface area contributed by atoms with E-state index in [0.29, 0.717) is 22.9 Å². The summed E-state index contributed by atoms with van der Waals surface area (Å²) in [5, 5.41) is 9.88. The van der Waals surface area contributed by atoms with Crippen LogP contribution in [0.25, 0.3) is 16.7 Å². The van der Waals surface area contributed by atoms with Gasteiger partial charge < -0.3 is 0 Å². The van der Waals surface area contributed by atoms with Crippen LogP contribution in [-0.2, 0) is 6.54 Å². The Hall–Kier alpha value is -2.93. The number of thioether (sulfide) groups is 1. The molecule has 4 aromatic rings. The van der Waals surface area contributed by atoms with Crippen LogP contribution in [-0.4, -0.2) is 30.7 Å². The molecule has 0 aliphatic rings. The third-order valence-electron chi connectivity index (χ3n) is 5.90. The maximum Gasteiger partial charge on any atom is 0.262 e. The number of carbonyl (C=O) groups is 1. The molecule has 0 spiro atoms. The molecule has 0 radical (unpaired) electrons. The average molecular weight is 435 g/mol. The second-order valence-electron chi connectivity index (χ2n) is 7.94. The first-order valence-corrected chi connectivity index (χ1v) is 11.4. The molecule has 4 rings (SSSR count). The Kier molecular flexibility index (Phi) is 5.71. The van der Waals surface area contributed by atoms with Crippen LogP contribution in [0.3, 0.4) is 0 Å². The van der Waals surface area contributed by atoms with Crippen LogP contribution in [0.1, 0.15) is 46.0 Å². The molecule has 6 nitrogen and oxygen atoms in total. The van der Waals surface area contributed by atoms with E-state index in [1.807, 2.05) is 63.3 Å². The highest BCUT2D eigenvalue weighted by Gasteiger charge is 2.20. The van der Waals surface area contributed by atoms with Crippen molar-refractivity contribution in [2.75, 3.05) is 5.75 Å². The number of ketones is 1. The highest BCUT2D eigenvalue weighted by molar-refractivity contribution is 7.99. The van der Waals surface area contributed by atoms with Gasteiger partial charge in [-0.15, -0.1) is 10.2 Å². The van der Waals surface area contributed by atoms with Gasteiger partial charge in [-0.25, -0.2) is 0 Å². The van der Waals surface area contributed by atoms with E-state index in [9.17, 15) is 9.59 Å². The molecule has 2 aromatic carbocycles. The van der Waals surface area contributed by atoms with Crippen molar-refractivity contribution in [3.8, 4) is 0 Å². The lowest BCUT2D eigenvalue weighted by Crippen LogP contribution is -2.23. The van der Waals surface area contributed by atoms with Gasteiger partial charge in [0.1, 0.15) is 0 Å². The first-order valence-electron chi connectivity index (χ1n) is 10.4. The van der Waals surface area contributed by atoms with E-state index in [1.165, 1.54) is 11.8 Å². The lowest BCUT2D eigenvalue weighted by atomic mass is 9.92. The highest BCUT2D eigenvalue weighted by Crippen LogP contribution is 2.26. The minimum Gasteiger partial charge on any atom is -0.293 e. The molecule has 2 heterocycles. The Balaban J connectivity index is 1.77. The molecule has 0 saturated carbocycles. The Labute approximate surface area is 185 Å². The molecule has 0 N–H and O–H groups in total. The minimum absolute atomic E-state index is 0.0635. The Morgan fingerprint density at radius 2 is 1.71 bits per heavy atom. The summed E-state index contributed by atoms with van der Waals surface area (Å²) in [6, 6.07) is 9.60. The number of fused-ring (bicyclic) bond motifs is 3. The van der Waals surface area contributed by atoms with E-state index in [1.54, 1.807) is 4.57 Å². The fourth-order valence-electron chi connectivity index (χ4n) is 4.09. The SMILES string of the molecule is CCCn1c(=O)c2ccccc2n2c(SCC(=O)c3c(C)c(C)cc(C)c3C)nnc12. The summed E-state index contributed by atoms with van der Waals surface area (Å²) < 4.78 is 3.56. The summed E-state index contributed by atoms with van der Waals surface area (Å²) in [6.07, 6.45) is 0.812. The highest BCUT2D eigenvalue weighted by atomic mass is 32.2. The zero-order chi connectivity index (χ0) is 22.3. The number of rotatable bonds is 6. The molecular weight excluding hydrogens is 408 g/mol. The van der Waals surface area contributed by atoms with E-state index in [2.05, 4.69) is 16.3 Å². The predicted molar refractivity (Wildman–Crippen MR) is 125 cm³/mol. The largest absolute Gasteiger partial charge is 0.293 e. The van der Waals surface area contributed by atoms with Gasteiger partial charge in [-0.1, -0.05) is 36.9 Å². The number of aromatic nitrogens is 4. The van der Waals surface area contributed by atoms with Gasteiger partial charge in [0, 0.05) is 12.1 Å². The number of nitrogens with zero attached hydrogens (tertiary/aromatic N) is 4. The number of carbonyl (C=O) groups excluding carboxylic acids is 1. The van der Waals surface area contributed by atoms with Crippen LogP contribution < -0.4 is 5.56 Å². The summed E-state index contributed by atoms with van der Waals surface area (Å²) in [4.78, 5) is 26.1. The summed E-state index contributed by atoms with van der Waals surface area (Å²) in [5.41, 5.74) is 5.80. The molecule has 160 valence electrons. The maximum atomic E-state index is 13.2. The van der Waals surface area contributed by atoms with E-state index in [0.717, 1.165) is 39.8 Å². The van der Waals surface area contributed by atoms with Crippen LogP contribution in [0.2, 0.25) is 0 Å². The van der Waals surface area contributed by atoms with E-state index >= 15 is 0 Å². The molecule has 0 unspecified atom stereocenters. The molecule has 0 aliphatic carbocycles. The third-order valence-corrected chi connectivity index (χ3v) is 6.83. The van der Waals surface area contributed by atoms with Crippen molar-refractivity contribution >= 4 is 34.2 Å². The molecule has 0 atom stereocenters. The zero-order valence-corrected chi connectivity index (χ0v) is 19.3. The predicted octanol–water partition coefficient (Wildman–Crippen LogP) is 4.66. The zero-order valence-electron chi connectivity index (χ0n) is 18.5. The molecule has 0 bridgehead atoms. The minimum atomic E-state index is -0.0635. The quantitative estimate of drug-likeness (QED) is 0.326. The Morgan fingerprint density at radius 1 is 1.03 bits per heavy atom. The van der Waals surface area contributed by atoms with Gasteiger partial charge in [0.05, 0.1) is 16.7 Å². The second-order valence-corrected chi connectivity index (χ2v) is 8.88. The molecule has 7 heteroatoms. The van der Waals surface area contributed by atoms with Crippen molar-refractivity contribution in [1.29, 1.82) is 0 Å². The van der Waals surface area contributed by atoms with Gasteiger partial charge in [0.2, 0.25) is 5.78 Å². The fraction of sp³-hybridized carbons (Fsp3) is 0.333. The summed E-state index contributed by atoms with van der Waals surface area (Å²) in [5.74, 6) is 0.848. The summed E-state index contributed by atoms with van der Waals surface area (Å²) >= 11 is 1.36. The summed E-state index contributed by atoms with van der Waals surface area (Å²) in [7, 11) is 0. The number of hydrogen-bond donors (Lipinski definition) is 0. The molecule has 0 aliphatic heterocycles. The van der Waals surface area contributed by atoms with Crippen LogP contribution in [0, 0.1) is 27.7 Å². The monoisotopic (exact) mass is 434 g/mol. The molecule has 0 saturated heterocycles. The normalized spacial score (nSPS) is 11.5. The smallest absolute Gasteiger partial charge is 0.262 e. The van der Waals surface area contributed by atoms with Gasteiger partial charge in [-0.2, -0.15) is 0 Å². The van der Waals surface area contributed by atoms with Gasteiger partial charge in [-0.3, -0.25) is 18.6 Å². The van der Waals surface area contributed by atoms with E-state index in [-0.39, 0.29) is 17.1 Å². The first-order chi connectivity index (χ1) is 14.8. The number of para-hydroxylation sites is 1. The number of hydrogen-bond acceptors (Lipinski definition) is 5. The maximum absolute atomic E-state index is 13.2. The molecule has 0 amide bonds. The van der Waals surface area contributed by atoms with Crippen LogP contribution in [0.15, 0.2) is 40.3 Å². The molecule has 2 aromatic heterocycles. The number of Topliss-reactive ketones (excluding diaryl/α,β-unsaturated/α-hetero) is 1. The average Bonchev–Trinajstić information content (AvgIpc) is 3.18. The van der Waals surface area contributed by atoms with Crippen molar-refractivity contribution in [3.05, 3.63) is 68.5 Å².